The van der Waals surface area contributed by atoms with Gasteiger partial charge in [0.1, 0.15) is 0 Å². The van der Waals surface area contributed by atoms with Crippen molar-refractivity contribution in [2.75, 3.05) is 13.2 Å². The van der Waals surface area contributed by atoms with E-state index in [4.69, 9.17) is 0 Å². The average Bonchev–Trinajstić information content (AvgIpc) is 2.24. The lowest BCUT2D eigenvalue weighted by Gasteiger charge is -2.46. The zero-order chi connectivity index (χ0) is 15.6. The van der Waals surface area contributed by atoms with Gasteiger partial charge in [0.15, 0.2) is 0 Å². The maximum atomic E-state index is 12.0. The van der Waals surface area contributed by atoms with Crippen LogP contribution in [0.5, 0.6) is 0 Å². The molecule has 1 aliphatic heterocycles. The van der Waals surface area contributed by atoms with Crippen LogP contribution in [0.25, 0.3) is 0 Å². The smallest absolute Gasteiger partial charge is 0.315 e. The van der Waals surface area contributed by atoms with Crippen LogP contribution in [0.3, 0.4) is 0 Å². The Morgan fingerprint density at radius 3 is 2.05 bits per heavy atom. The normalized spacial score (nSPS) is 22.4. The predicted octanol–water partition coefficient (Wildman–Crippen LogP) is 0.338. The van der Waals surface area contributed by atoms with Gasteiger partial charge in [-0.1, -0.05) is 0 Å². The van der Waals surface area contributed by atoms with Gasteiger partial charge in [-0.15, -0.1) is 0 Å². The topological polar surface area (TPSA) is 93.6 Å². The average molecular weight is 287 g/mol. The van der Waals surface area contributed by atoms with Gasteiger partial charge in [-0.2, -0.15) is 0 Å². The number of carbonyl (C=O) groups is 1. The summed E-state index contributed by atoms with van der Waals surface area (Å²) in [6.45, 7) is 9.46. The van der Waals surface area contributed by atoms with Gasteiger partial charge in [-0.25, -0.2) is 4.79 Å². The second kappa shape index (κ2) is 5.87. The highest BCUT2D eigenvalue weighted by Crippen LogP contribution is 2.28. The summed E-state index contributed by atoms with van der Waals surface area (Å²) >= 11 is 0. The highest BCUT2D eigenvalue weighted by atomic mass is 16.3. The monoisotopic (exact) mass is 287 g/mol. The molecular formula is C14H29N3O3. The van der Waals surface area contributed by atoms with Crippen molar-refractivity contribution in [2.45, 2.75) is 70.1 Å². The minimum atomic E-state index is -0.998. The molecule has 0 aromatic carbocycles. The molecule has 1 aliphatic rings. The van der Waals surface area contributed by atoms with E-state index in [1.807, 2.05) is 0 Å². The molecule has 0 spiro atoms. The third-order valence-corrected chi connectivity index (χ3v) is 3.64. The fraction of sp³-hybridized carbons (Fsp3) is 0.929. The predicted molar refractivity (Wildman–Crippen MR) is 78.6 cm³/mol. The minimum Gasteiger partial charge on any atom is -0.394 e. The number of piperidine rings is 1. The Hall–Kier alpha value is -0.850. The molecule has 1 rings (SSSR count). The first-order chi connectivity index (χ1) is 9.01. The number of amides is 2. The number of rotatable bonds is 4. The molecule has 6 heteroatoms. The highest BCUT2D eigenvalue weighted by Gasteiger charge is 2.38. The van der Waals surface area contributed by atoms with Crippen molar-refractivity contribution in [1.29, 1.82) is 0 Å². The Labute approximate surface area is 121 Å². The summed E-state index contributed by atoms with van der Waals surface area (Å²) in [5.74, 6) is 0. The van der Waals surface area contributed by atoms with Crippen LogP contribution >= 0.6 is 0 Å². The van der Waals surface area contributed by atoms with Crippen LogP contribution in [0, 0.1) is 0 Å². The van der Waals surface area contributed by atoms with E-state index in [1.54, 1.807) is 6.92 Å². The Balaban J connectivity index is 2.62. The third kappa shape index (κ3) is 4.92. The van der Waals surface area contributed by atoms with Crippen molar-refractivity contribution in [3.05, 3.63) is 0 Å². The van der Waals surface area contributed by atoms with E-state index in [9.17, 15) is 15.0 Å². The van der Waals surface area contributed by atoms with E-state index in [0.29, 0.717) is 0 Å². The molecule has 0 aromatic heterocycles. The van der Waals surface area contributed by atoms with Gasteiger partial charge in [0, 0.05) is 17.1 Å². The number of urea groups is 1. The van der Waals surface area contributed by atoms with E-state index < -0.39 is 5.54 Å². The molecule has 1 saturated heterocycles. The molecule has 0 saturated carbocycles. The first kappa shape index (κ1) is 17.2. The lowest BCUT2D eigenvalue weighted by atomic mass is 9.80. The summed E-state index contributed by atoms with van der Waals surface area (Å²) in [5, 5.41) is 27.5. The molecule has 0 radical (unpaired) electrons. The molecule has 20 heavy (non-hydrogen) atoms. The number of hydrogen-bond acceptors (Lipinski definition) is 4. The zero-order valence-corrected chi connectivity index (χ0v) is 13.2. The highest BCUT2D eigenvalue weighted by molar-refractivity contribution is 5.75. The van der Waals surface area contributed by atoms with Gasteiger partial charge in [0.25, 0.3) is 0 Å². The zero-order valence-electron chi connectivity index (χ0n) is 13.2. The van der Waals surface area contributed by atoms with Gasteiger partial charge < -0.3 is 26.2 Å². The Bertz CT molecular complexity index is 336. The molecule has 118 valence electrons. The SMILES string of the molecule is CC1(C)CC(NC(=O)NC(C)(CO)CO)CC(C)(C)N1. The third-order valence-electron chi connectivity index (χ3n) is 3.64. The van der Waals surface area contributed by atoms with Crippen molar-refractivity contribution in [3.8, 4) is 0 Å². The Kier molecular flexibility index (Phi) is 5.05. The quantitative estimate of drug-likeness (QED) is 0.515. The van der Waals surface area contributed by atoms with Crippen LogP contribution < -0.4 is 16.0 Å². The standard InChI is InChI=1S/C14H29N3O3/c1-12(2)6-10(7-13(3,4)17-12)15-11(20)16-14(5,8-18)9-19/h10,17-19H,6-9H2,1-5H3,(H2,15,16,20). The molecule has 6 nitrogen and oxygen atoms in total. The van der Waals surface area contributed by atoms with Crippen molar-refractivity contribution < 1.29 is 15.0 Å². The lowest BCUT2D eigenvalue weighted by Crippen LogP contribution is -2.64. The number of nitrogens with one attached hydrogen (secondary N) is 3. The maximum Gasteiger partial charge on any atom is 0.315 e. The van der Waals surface area contributed by atoms with E-state index in [-0.39, 0.29) is 36.4 Å². The van der Waals surface area contributed by atoms with Gasteiger partial charge in [-0.05, 0) is 47.5 Å². The number of carbonyl (C=O) groups excluding carboxylic acids is 1. The van der Waals surface area contributed by atoms with Gasteiger partial charge in [-0.3, -0.25) is 0 Å². The first-order valence-corrected chi connectivity index (χ1v) is 7.11. The molecule has 1 heterocycles. The minimum absolute atomic E-state index is 0.0447. The number of aliphatic hydroxyl groups excluding tert-OH is 2. The second-order valence-electron chi connectivity index (χ2n) is 7.47. The molecule has 5 N–H and O–H groups in total. The Morgan fingerprint density at radius 2 is 1.65 bits per heavy atom. The van der Waals surface area contributed by atoms with Crippen LogP contribution in [-0.2, 0) is 0 Å². The summed E-state index contributed by atoms with van der Waals surface area (Å²) in [4.78, 5) is 12.0. The van der Waals surface area contributed by atoms with Gasteiger partial charge >= 0.3 is 6.03 Å². The van der Waals surface area contributed by atoms with Crippen molar-refractivity contribution >= 4 is 6.03 Å². The summed E-state index contributed by atoms with van der Waals surface area (Å²) in [6, 6.07) is -0.294. The summed E-state index contributed by atoms with van der Waals surface area (Å²) < 4.78 is 0. The Morgan fingerprint density at radius 1 is 1.20 bits per heavy atom. The fourth-order valence-corrected chi connectivity index (χ4v) is 3.05. The van der Waals surface area contributed by atoms with E-state index in [2.05, 4.69) is 43.6 Å². The molecule has 0 aliphatic carbocycles. The van der Waals surface area contributed by atoms with Crippen LogP contribution in [-0.4, -0.2) is 52.1 Å². The summed E-state index contributed by atoms with van der Waals surface area (Å²) in [7, 11) is 0. The number of aliphatic hydroxyl groups is 2. The van der Waals surface area contributed by atoms with E-state index in [0.717, 1.165) is 12.8 Å². The van der Waals surface area contributed by atoms with E-state index in [1.165, 1.54) is 0 Å². The van der Waals surface area contributed by atoms with Crippen molar-refractivity contribution in [1.82, 2.24) is 16.0 Å². The van der Waals surface area contributed by atoms with Crippen LogP contribution in [0.15, 0.2) is 0 Å². The van der Waals surface area contributed by atoms with Crippen molar-refractivity contribution in [2.24, 2.45) is 0 Å². The van der Waals surface area contributed by atoms with Gasteiger partial charge in [0.2, 0.25) is 0 Å². The van der Waals surface area contributed by atoms with Gasteiger partial charge in [0.05, 0.1) is 18.8 Å². The number of hydrogen-bond donors (Lipinski definition) is 5. The summed E-state index contributed by atoms with van der Waals surface area (Å²) in [6.07, 6.45) is 1.66. The molecule has 0 unspecified atom stereocenters. The second-order valence-corrected chi connectivity index (χ2v) is 7.47. The fourth-order valence-electron chi connectivity index (χ4n) is 3.05. The largest absolute Gasteiger partial charge is 0.394 e. The summed E-state index contributed by atoms with van der Waals surface area (Å²) in [5.41, 5.74) is -1.09. The molecular weight excluding hydrogens is 258 g/mol. The molecule has 2 amide bonds. The van der Waals surface area contributed by atoms with Crippen molar-refractivity contribution in [3.63, 3.8) is 0 Å². The van der Waals surface area contributed by atoms with Crippen LogP contribution in [0.2, 0.25) is 0 Å². The first-order valence-electron chi connectivity index (χ1n) is 7.11. The molecule has 0 aromatic rings. The maximum absolute atomic E-state index is 12.0. The molecule has 0 bridgehead atoms. The lowest BCUT2D eigenvalue weighted by molar-refractivity contribution is 0.105. The molecule has 1 fully saturated rings. The van der Waals surface area contributed by atoms with Crippen LogP contribution in [0.4, 0.5) is 4.79 Å². The van der Waals surface area contributed by atoms with Crippen LogP contribution in [0.1, 0.15) is 47.5 Å². The molecule has 0 atom stereocenters. The van der Waals surface area contributed by atoms with E-state index >= 15 is 0 Å².